The largest absolute Gasteiger partial charge is 0.375 e. The minimum atomic E-state index is 0.0188. The third kappa shape index (κ3) is 2.79. The molecule has 17 heavy (non-hydrogen) atoms. The standard InChI is InChI=1S/C14H23N2O/c1-3-6-13-12-16(10-11-17-13)14(7-4-2)8-5-9-15-14/h3-4,13H,1-2,5-12H2. The number of morpholine rings is 1. The summed E-state index contributed by atoms with van der Waals surface area (Å²) in [6, 6.07) is 0. The fraction of sp³-hybridized carbons (Fsp3) is 0.714. The smallest absolute Gasteiger partial charge is 0.0910 e. The van der Waals surface area contributed by atoms with Crippen molar-refractivity contribution >= 4 is 0 Å². The molecule has 2 aliphatic heterocycles. The van der Waals surface area contributed by atoms with Crippen LogP contribution in [-0.2, 0) is 4.74 Å². The van der Waals surface area contributed by atoms with Gasteiger partial charge >= 0.3 is 0 Å². The summed E-state index contributed by atoms with van der Waals surface area (Å²) in [5.41, 5.74) is 0.0188. The normalized spacial score (nSPS) is 34.7. The molecule has 0 amide bonds. The van der Waals surface area contributed by atoms with E-state index in [1.54, 1.807) is 0 Å². The van der Waals surface area contributed by atoms with Crippen molar-refractivity contribution in [2.75, 3.05) is 26.2 Å². The van der Waals surface area contributed by atoms with Crippen molar-refractivity contribution in [3.8, 4) is 0 Å². The Bertz CT molecular complexity index is 271. The molecular weight excluding hydrogens is 212 g/mol. The zero-order valence-corrected chi connectivity index (χ0v) is 10.6. The molecule has 2 fully saturated rings. The second-order valence-corrected chi connectivity index (χ2v) is 4.92. The Labute approximate surface area is 105 Å². The maximum Gasteiger partial charge on any atom is 0.0910 e. The van der Waals surface area contributed by atoms with Gasteiger partial charge in [0.15, 0.2) is 0 Å². The fourth-order valence-electron chi connectivity index (χ4n) is 2.94. The molecule has 2 unspecified atom stereocenters. The summed E-state index contributed by atoms with van der Waals surface area (Å²) < 4.78 is 5.75. The van der Waals surface area contributed by atoms with Gasteiger partial charge in [-0.3, -0.25) is 4.90 Å². The van der Waals surface area contributed by atoms with E-state index in [2.05, 4.69) is 18.1 Å². The van der Waals surface area contributed by atoms with Crippen LogP contribution in [0.2, 0.25) is 0 Å². The van der Waals surface area contributed by atoms with Gasteiger partial charge in [0.2, 0.25) is 0 Å². The third-order valence-electron chi connectivity index (χ3n) is 3.77. The predicted octanol–water partition coefficient (Wildman–Crippen LogP) is 1.93. The third-order valence-corrected chi connectivity index (χ3v) is 3.77. The zero-order chi connectivity index (χ0) is 12.1. The average Bonchev–Trinajstić information content (AvgIpc) is 2.80. The van der Waals surface area contributed by atoms with E-state index in [4.69, 9.17) is 10.1 Å². The first-order valence-corrected chi connectivity index (χ1v) is 6.58. The van der Waals surface area contributed by atoms with Gasteiger partial charge in [0.05, 0.1) is 18.4 Å². The molecule has 0 aromatic rings. The first-order valence-electron chi connectivity index (χ1n) is 6.58. The van der Waals surface area contributed by atoms with Crippen LogP contribution in [0, 0.1) is 0 Å². The van der Waals surface area contributed by atoms with Crippen LogP contribution in [-0.4, -0.2) is 42.9 Å². The maximum atomic E-state index is 5.75. The highest BCUT2D eigenvalue weighted by Crippen LogP contribution is 2.31. The minimum Gasteiger partial charge on any atom is -0.375 e. The van der Waals surface area contributed by atoms with Crippen LogP contribution in [0.15, 0.2) is 25.3 Å². The zero-order valence-electron chi connectivity index (χ0n) is 10.6. The molecule has 2 heterocycles. The summed E-state index contributed by atoms with van der Waals surface area (Å²) >= 11 is 0. The van der Waals surface area contributed by atoms with E-state index in [0.717, 1.165) is 39.1 Å². The Morgan fingerprint density at radius 3 is 2.94 bits per heavy atom. The van der Waals surface area contributed by atoms with Gasteiger partial charge in [-0.1, -0.05) is 12.2 Å². The van der Waals surface area contributed by atoms with E-state index in [-0.39, 0.29) is 5.66 Å². The van der Waals surface area contributed by atoms with Gasteiger partial charge in [0.25, 0.3) is 0 Å². The first kappa shape index (κ1) is 12.8. The molecule has 3 heteroatoms. The highest BCUT2D eigenvalue weighted by Gasteiger charge is 2.41. The SMILES string of the molecule is C=CCC1CN(C2(CC=C)CCC[N]2)CCO1. The van der Waals surface area contributed by atoms with Crippen LogP contribution in [0.3, 0.4) is 0 Å². The predicted molar refractivity (Wildman–Crippen MR) is 69.9 cm³/mol. The highest BCUT2D eigenvalue weighted by atomic mass is 16.5. The topological polar surface area (TPSA) is 26.6 Å². The van der Waals surface area contributed by atoms with E-state index in [1.807, 2.05) is 12.2 Å². The Balaban J connectivity index is 2.02. The van der Waals surface area contributed by atoms with Crippen molar-refractivity contribution in [3.05, 3.63) is 25.3 Å². The lowest BCUT2D eigenvalue weighted by molar-refractivity contribution is -0.0739. The van der Waals surface area contributed by atoms with E-state index in [0.29, 0.717) is 6.10 Å². The Kier molecular flexibility index (Phi) is 4.37. The number of rotatable bonds is 5. The van der Waals surface area contributed by atoms with E-state index >= 15 is 0 Å². The molecule has 3 nitrogen and oxygen atoms in total. The summed E-state index contributed by atoms with van der Waals surface area (Å²) in [5, 5.41) is 4.85. The molecule has 95 valence electrons. The molecule has 0 spiro atoms. The molecule has 0 saturated carbocycles. The van der Waals surface area contributed by atoms with Crippen molar-refractivity contribution in [1.82, 2.24) is 10.2 Å². The molecule has 2 atom stereocenters. The lowest BCUT2D eigenvalue weighted by atomic mass is 9.99. The van der Waals surface area contributed by atoms with Crippen molar-refractivity contribution < 1.29 is 4.74 Å². The molecule has 1 radical (unpaired) electrons. The van der Waals surface area contributed by atoms with Crippen LogP contribution in [0.5, 0.6) is 0 Å². The quantitative estimate of drug-likeness (QED) is 0.681. The summed E-state index contributed by atoms with van der Waals surface area (Å²) in [7, 11) is 0. The molecule has 2 aliphatic rings. The molecule has 2 rings (SSSR count). The monoisotopic (exact) mass is 235 g/mol. The van der Waals surface area contributed by atoms with Gasteiger partial charge in [0.1, 0.15) is 0 Å². The van der Waals surface area contributed by atoms with Crippen LogP contribution in [0.1, 0.15) is 25.7 Å². The first-order chi connectivity index (χ1) is 8.30. The van der Waals surface area contributed by atoms with E-state index in [1.165, 1.54) is 12.8 Å². The second-order valence-electron chi connectivity index (χ2n) is 4.92. The van der Waals surface area contributed by atoms with E-state index in [9.17, 15) is 0 Å². The molecule has 0 N–H and O–H groups in total. The number of hydrogen-bond donors (Lipinski definition) is 0. The van der Waals surface area contributed by atoms with E-state index < -0.39 is 0 Å². The second kappa shape index (κ2) is 5.80. The molecule has 0 aromatic heterocycles. The van der Waals surface area contributed by atoms with Crippen LogP contribution in [0.25, 0.3) is 0 Å². The van der Waals surface area contributed by atoms with Gasteiger partial charge in [-0.15, -0.1) is 13.2 Å². The maximum absolute atomic E-state index is 5.75. The van der Waals surface area contributed by atoms with Gasteiger partial charge in [-0.2, -0.15) is 0 Å². The number of hydrogen-bond acceptors (Lipinski definition) is 2. The Morgan fingerprint density at radius 1 is 1.41 bits per heavy atom. The highest BCUT2D eigenvalue weighted by molar-refractivity contribution is 4.99. The van der Waals surface area contributed by atoms with Crippen LogP contribution >= 0.6 is 0 Å². The van der Waals surface area contributed by atoms with Crippen LogP contribution < -0.4 is 5.32 Å². The molecule has 0 bridgehead atoms. The minimum absolute atomic E-state index is 0.0188. The van der Waals surface area contributed by atoms with Gasteiger partial charge in [0, 0.05) is 19.6 Å². The van der Waals surface area contributed by atoms with Gasteiger partial charge < -0.3 is 4.74 Å². The average molecular weight is 235 g/mol. The molecule has 0 aromatic carbocycles. The lowest BCUT2D eigenvalue weighted by Gasteiger charge is -2.44. The van der Waals surface area contributed by atoms with Gasteiger partial charge in [-0.05, 0) is 25.7 Å². The molecule has 0 aliphatic carbocycles. The van der Waals surface area contributed by atoms with Crippen LogP contribution in [0.4, 0.5) is 0 Å². The van der Waals surface area contributed by atoms with Crippen molar-refractivity contribution in [2.24, 2.45) is 0 Å². The Morgan fingerprint density at radius 2 is 2.29 bits per heavy atom. The molecule has 2 saturated heterocycles. The summed E-state index contributed by atoms with van der Waals surface area (Å²) in [6.45, 7) is 11.5. The number of nitrogens with zero attached hydrogens (tertiary/aromatic N) is 2. The summed E-state index contributed by atoms with van der Waals surface area (Å²) in [4.78, 5) is 2.50. The summed E-state index contributed by atoms with van der Waals surface area (Å²) in [5.74, 6) is 0. The fourth-order valence-corrected chi connectivity index (χ4v) is 2.94. The summed E-state index contributed by atoms with van der Waals surface area (Å²) in [6.07, 6.45) is 8.51. The molecular formula is C14H23N2O. The van der Waals surface area contributed by atoms with Gasteiger partial charge in [-0.25, -0.2) is 5.32 Å². The Hall–Kier alpha value is -0.640. The van der Waals surface area contributed by atoms with Crippen molar-refractivity contribution in [3.63, 3.8) is 0 Å². The van der Waals surface area contributed by atoms with Crippen molar-refractivity contribution in [2.45, 2.75) is 37.5 Å². The lowest BCUT2D eigenvalue weighted by Crippen LogP contribution is -2.58. The number of ether oxygens (including phenoxy) is 1. The van der Waals surface area contributed by atoms with Crippen molar-refractivity contribution in [1.29, 1.82) is 0 Å².